The maximum atomic E-state index is 3.40. The second-order valence-corrected chi connectivity index (χ2v) is 3.52. The quantitative estimate of drug-likeness (QED) is 0.654. The number of hydrogen-bond donors (Lipinski definition) is 1. The summed E-state index contributed by atoms with van der Waals surface area (Å²) in [6.07, 6.45) is 14.7. The lowest BCUT2D eigenvalue weighted by Crippen LogP contribution is -2.28. The van der Waals surface area contributed by atoms with E-state index >= 15 is 0 Å². The van der Waals surface area contributed by atoms with E-state index in [0.29, 0.717) is 5.54 Å². The van der Waals surface area contributed by atoms with Crippen LogP contribution in [0.4, 0.5) is 0 Å². The lowest BCUT2D eigenvalue weighted by molar-refractivity contribution is 0.646. The maximum absolute atomic E-state index is 3.40. The maximum Gasteiger partial charge on any atom is 0.0433 e. The molecule has 0 atom stereocenters. The molecule has 1 heteroatoms. The van der Waals surface area contributed by atoms with Gasteiger partial charge in [-0.2, -0.15) is 0 Å². The molecule has 2 rings (SSSR count). The minimum absolute atomic E-state index is 0.325. The molecular formula is C11H15N. The second-order valence-electron chi connectivity index (χ2n) is 3.52. The van der Waals surface area contributed by atoms with Crippen LogP contribution >= 0.6 is 0 Å². The van der Waals surface area contributed by atoms with Crippen molar-refractivity contribution in [3.8, 4) is 0 Å². The van der Waals surface area contributed by atoms with E-state index in [1.807, 2.05) is 0 Å². The summed E-state index contributed by atoms with van der Waals surface area (Å²) >= 11 is 0. The van der Waals surface area contributed by atoms with Gasteiger partial charge < -0.3 is 5.32 Å². The van der Waals surface area contributed by atoms with Crippen molar-refractivity contribution in [3.05, 3.63) is 36.0 Å². The van der Waals surface area contributed by atoms with Crippen molar-refractivity contribution in [1.82, 2.24) is 5.32 Å². The summed E-state index contributed by atoms with van der Waals surface area (Å²) in [7, 11) is 2.05. The van der Waals surface area contributed by atoms with Gasteiger partial charge >= 0.3 is 0 Å². The second kappa shape index (κ2) is 2.91. The molecule has 0 saturated heterocycles. The smallest absolute Gasteiger partial charge is 0.0433 e. The first kappa shape index (κ1) is 7.81. The van der Waals surface area contributed by atoms with E-state index in [1.54, 1.807) is 0 Å². The van der Waals surface area contributed by atoms with Gasteiger partial charge in [-0.15, -0.1) is 0 Å². The standard InChI is InChI=1S/C11H15N/c1-12-11(8-9-11)10-6-4-2-3-5-7-10/h2,4-7,12H,3,8-9H2,1H3. The SMILES string of the molecule is CNC1(C2=CC=CCC=C2)CC1. The summed E-state index contributed by atoms with van der Waals surface area (Å²) < 4.78 is 0. The molecule has 0 spiro atoms. The van der Waals surface area contributed by atoms with Crippen LogP contribution in [-0.4, -0.2) is 12.6 Å². The fourth-order valence-electron chi connectivity index (χ4n) is 1.71. The highest BCUT2D eigenvalue weighted by atomic mass is 15.0. The molecule has 0 aromatic heterocycles. The Morgan fingerprint density at radius 2 is 2.17 bits per heavy atom. The Morgan fingerprint density at radius 1 is 1.33 bits per heavy atom. The summed E-state index contributed by atoms with van der Waals surface area (Å²) in [5.41, 5.74) is 1.77. The fraction of sp³-hybridized carbons (Fsp3) is 0.455. The molecule has 12 heavy (non-hydrogen) atoms. The zero-order valence-electron chi connectivity index (χ0n) is 7.51. The fourth-order valence-corrected chi connectivity index (χ4v) is 1.71. The summed E-state index contributed by atoms with van der Waals surface area (Å²) in [6, 6.07) is 0. The normalized spacial score (nSPS) is 24.9. The lowest BCUT2D eigenvalue weighted by Gasteiger charge is -2.14. The van der Waals surface area contributed by atoms with Crippen LogP contribution in [0, 0.1) is 0 Å². The van der Waals surface area contributed by atoms with Crippen LogP contribution in [0.15, 0.2) is 36.0 Å². The Balaban J connectivity index is 2.21. The van der Waals surface area contributed by atoms with E-state index in [4.69, 9.17) is 0 Å². The number of likely N-dealkylation sites (N-methyl/N-ethyl adjacent to an activating group) is 1. The van der Waals surface area contributed by atoms with Gasteiger partial charge in [-0.1, -0.05) is 30.4 Å². The number of nitrogens with one attached hydrogen (secondary N) is 1. The van der Waals surface area contributed by atoms with Crippen molar-refractivity contribution in [2.75, 3.05) is 7.05 Å². The van der Waals surface area contributed by atoms with Crippen molar-refractivity contribution < 1.29 is 0 Å². The molecule has 1 nitrogen and oxygen atoms in total. The molecule has 0 unspecified atom stereocenters. The van der Waals surface area contributed by atoms with Gasteiger partial charge in [-0.3, -0.25) is 0 Å². The van der Waals surface area contributed by atoms with E-state index in [0.717, 1.165) is 6.42 Å². The van der Waals surface area contributed by atoms with Gasteiger partial charge in [0.25, 0.3) is 0 Å². The number of allylic oxidation sites excluding steroid dienone is 4. The Bertz CT molecular complexity index is 254. The van der Waals surface area contributed by atoms with Crippen LogP contribution < -0.4 is 5.32 Å². The summed E-state index contributed by atoms with van der Waals surface area (Å²) in [5, 5.41) is 3.40. The van der Waals surface area contributed by atoms with Crippen molar-refractivity contribution in [2.24, 2.45) is 0 Å². The summed E-state index contributed by atoms with van der Waals surface area (Å²) in [5.74, 6) is 0. The third-order valence-corrected chi connectivity index (χ3v) is 2.76. The van der Waals surface area contributed by atoms with E-state index in [1.165, 1.54) is 18.4 Å². The average molecular weight is 161 g/mol. The number of rotatable bonds is 2. The van der Waals surface area contributed by atoms with Gasteiger partial charge in [-0.05, 0) is 31.9 Å². The van der Waals surface area contributed by atoms with Crippen LogP contribution in [-0.2, 0) is 0 Å². The molecule has 0 amide bonds. The molecule has 64 valence electrons. The molecule has 0 radical (unpaired) electrons. The summed E-state index contributed by atoms with van der Waals surface area (Å²) in [4.78, 5) is 0. The van der Waals surface area contributed by atoms with Crippen molar-refractivity contribution >= 4 is 0 Å². The third-order valence-electron chi connectivity index (χ3n) is 2.76. The highest BCUT2D eigenvalue weighted by Gasteiger charge is 2.43. The highest BCUT2D eigenvalue weighted by Crippen LogP contribution is 2.42. The van der Waals surface area contributed by atoms with Gasteiger partial charge in [0, 0.05) is 5.54 Å². The molecule has 0 aromatic carbocycles. The first-order valence-corrected chi connectivity index (χ1v) is 4.60. The molecule has 0 aromatic rings. The molecule has 1 N–H and O–H groups in total. The average Bonchev–Trinajstić information content (AvgIpc) is 2.90. The predicted octanol–water partition coefficient (Wildman–Crippen LogP) is 2.18. The lowest BCUT2D eigenvalue weighted by atomic mass is 10.0. The molecule has 1 saturated carbocycles. The first-order chi connectivity index (χ1) is 5.87. The van der Waals surface area contributed by atoms with E-state index in [9.17, 15) is 0 Å². The molecule has 0 heterocycles. The Hall–Kier alpha value is -0.820. The van der Waals surface area contributed by atoms with Crippen LogP contribution in [0.3, 0.4) is 0 Å². The van der Waals surface area contributed by atoms with Crippen molar-refractivity contribution in [3.63, 3.8) is 0 Å². The zero-order valence-corrected chi connectivity index (χ0v) is 7.51. The van der Waals surface area contributed by atoms with Gasteiger partial charge in [0.1, 0.15) is 0 Å². The zero-order chi connectivity index (χ0) is 8.44. The van der Waals surface area contributed by atoms with Crippen molar-refractivity contribution in [2.45, 2.75) is 24.8 Å². The largest absolute Gasteiger partial charge is 0.310 e. The topological polar surface area (TPSA) is 12.0 Å². The Labute approximate surface area is 73.9 Å². The molecular weight excluding hydrogens is 146 g/mol. The van der Waals surface area contributed by atoms with Crippen LogP contribution in [0.1, 0.15) is 19.3 Å². The van der Waals surface area contributed by atoms with Crippen LogP contribution in [0.2, 0.25) is 0 Å². The van der Waals surface area contributed by atoms with Gasteiger partial charge in [0.2, 0.25) is 0 Å². The third kappa shape index (κ3) is 1.25. The van der Waals surface area contributed by atoms with Crippen LogP contribution in [0.25, 0.3) is 0 Å². The van der Waals surface area contributed by atoms with E-state index < -0.39 is 0 Å². The minimum atomic E-state index is 0.325. The van der Waals surface area contributed by atoms with Gasteiger partial charge in [-0.25, -0.2) is 0 Å². The molecule has 0 bridgehead atoms. The van der Waals surface area contributed by atoms with Crippen LogP contribution in [0.5, 0.6) is 0 Å². The number of hydrogen-bond acceptors (Lipinski definition) is 1. The Morgan fingerprint density at radius 3 is 2.83 bits per heavy atom. The van der Waals surface area contributed by atoms with Gasteiger partial charge in [0.15, 0.2) is 0 Å². The van der Waals surface area contributed by atoms with Gasteiger partial charge in [0.05, 0.1) is 0 Å². The molecule has 0 aliphatic heterocycles. The Kier molecular flexibility index (Phi) is 1.89. The molecule has 1 fully saturated rings. The predicted molar refractivity (Wildman–Crippen MR) is 52.0 cm³/mol. The van der Waals surface area contributed by atoms with E-state index in [2.05, 4.69) is 42.7 Å². The summed E-state index contributed by atoms with van der Waals surface area (Å²) in [6.45, 7) is 0. The minimum Gasteiger partial charge on any atom is -0.310 e. The van der Waals surface area contributed by atoms with E-state index in [-0.39, 0.29) is 0 Å². The monoisotopic (exact) mass is 161 g/mol. The molecule has 2 aliphatic carbocycles. The van der Waals surface area contributed by atoms with Crippen molar-refractivity contribution in [1.29, 1.82) is 0 Å². The first-order valence-electron chi connectivity index (χ1n) is 4.60. The molecule has 2 aliphatic rings. The highest BCUT2D eigenvalue weighted by molar-refractivity contribution is 5.40.